The predicted octanol–water partition coefficient (Wildman–Crippen LogP) is 2.48. The summed E-state index contributed by atoms with van der Waals surface area (Å²) in [5.74, 6) is -1.74. The zero-order valence-electron chi connectivity index (χ0n) is 10.5. The molecule has 0 spiro atoms. The highest BCUT2D eigenvalue weighted by molar-refractivity contribution is 5.72. The average Bonchev–Trinajstić information content (AvgIpc) is 2.30. The van der Waals surface area contributed by atoms with Crippen LogP contribution in [-0.4, -0.2) is 17.2 Å². The molecule has 18 heavy (non-hydrogen) atoms. The van der Waals surface area contributed by atoms with E-state index >= 15 is 0 Å². The summed E-state index contributed by atoms with van der Waals surface area (Å²) in [5.41, 5.74) is 6.27. The van der Waals surface area contributed by atoms with Gasteiger partial charge in [-0.1, -0.05) is 19.4 Å². The molecule has 1 aromatic rings. The molecule has 0 radical (unpaired) electrons. The van der Waals surface area contributed by atoms with E-state index in [0.717, 1.165) is 0 Å². The maximum atomic E-state index is 13.7. The number of rotatable bonds is 6. The molecule has 1 unspecified atom stereocenters. The Morgan fingerprint density at radius 3 is 2.67 bits per heavy atom. The highest BCUT2D eigenvalue weighted by Crippen LogP contribution is 2.23. The molecule has 0 aromatic heterocycles. The van der Waals surface area contributed by atoms with Crippen molar-refractivity contribution in [3.05, 3.63) is 29.6 Å². The van der Waals surface area contributed by atoms with Crippen molar-refractivity contribution in [2.45, 2.75) is 38.8 Å². The summed E-state index contributed by atoms with van der Waals surface area (Å²) in [6.45, 7) is 3.58. The monoisotopic (exact) mass is 255 g/mol. The molecule has 0 aliphatic rings. The first-order valence-corrected chi connectivity index (χ1v) is 5.90. The first kappa shape index (κ1) is 14.4. The lowest BCUT2D eigenvalue weighted by Crippen LogP contribution is -2.27. The van der Waals surface area contributed by atoms with Crippen LogP contribution in [0, 0.1) is 5.82 Å². The van der Waals surface area contributed by atoms with Gasteiger partial charge in [0.05, 0.1) is 0 Å². The molecule has 1 rings (SSSR count). The summed E-state index contributed by atoms with van der Waals surface area (Å²) in [5, 5.41) is 8.93. The smallest absolute Gasteiger partial charge is 0.344 e. The average molecular weight is 255 g/mol. The van der Waals surface area contributed by atoms with Gasteiger partial charge in [0, 0.05) is 6.04 Å². The zero-order chi connectivity index (χ0) is 13.7. The van der Waals surface area contributed by atoms with E-state index in [2.05, 4.69) is 0 Å². The number of carboxylic acids is 1. The number of nitrogens with two attached hydrogens (primary N) is 1. The van der Waals surface area contributed by atoms with Crippen molar-refractivity contribution in [3.8, 4) is 5.75 Å². The van der Waals surface area contributed by atoms with Gasteiger partial charge in [-0.3, -0.25) is 0 Å². The van der Waals surface area contributed by atoms with Crippen LogP contribution in [0.4, 0.5) is 4.39 Å². The van der Waals surface area contributed by atoms with Crippen LogP contribution in [0.2, 0.25) is 0 Å². The van der Waals surface area contributed by atoms with E-state index in [9.17, 15) is 9.18 Å². The first-order valence-electron chi connectivity index (χ1n) is 5.90. The van der Waals surface area contributed by atoms with Crippen LogP contribution < -0.4 is 10.5 Å². The molecule has 0 amide bonds. The van der Waals surface area contributed by atoms with Crippen LogP contribution in [0.5, 0.6) is 5.75 Å². The molecule has 0 heterocycles. The molecular formula is C13H18FNO3. The number of benzene rings is 1. The van der Waals surface area contributed by atoms with Gasteiger partial charge in [0.1, 0.15) is 0 Å². The number of halogens is 1. The maximum absolute atomic E-state index is 13.7. The van der Waals surface area contributed by atoms with Crippen molar-refractivity contribution in [1.29, 1.82) is 0 Å². The normalized spacial score (nSPS) is 14.0. The second-order valence-electron chi connectivity index (χ2n) is 4.21. The van der Waals surface area contributed by atoms with E-state index in [4.69, 9.17) is 15.6 Å². The summed E-state index contributed by atoms with van der Waals surface area (Å²) in [6.07, 6.45) is -0.0361. The Bertz CT molecular complexity index is 421. The summed E-state index contributed by atoms with van der Waals surface area (Å²) in [7, 11) is 0. The van der Waals surface area contributed by atoms with Gasteiger partial charge >= 0.3 is 5.97 Å². The molecular weight excluding hydrogens is 237 g/mol. The van der Waals surface area contributed by atoms with Crippen LogP contribution in [0.15, 0.2) is 18.2 Å². The minimum Gasteiger partial charge on any atom is -0.479 e. The Morgan fingerprint density at radius 1 is 1.56 bits per heavy atom. The van der Waals surface area contributed by atoms with E-state index in [-0.39, 0.29) is 11.8 Å². The van der Waals surface area contributed by atoms with E-state index in [1.54, 1.807) is 13.0 Å². The number of hydrogen-bond donors (Lipinski definition) is 2. The highest BCUT2D eigenvalue weighted by atomic mass is 19.1. The van der Waals surface area contributed by atoms with Crippen LogP contribution in [0.3, 0.4) is 0 Å². The fourth-order valence-electron chi connectivity index (χ4n) is 1.54. The summed E-state index contributed by atoms with van der Waals surface area (Å²) in [6, 6.07) is 4.04. The van der Waals surface area contributed by atoms with E-state index in [1.165, 1.54) is 12.1 Å². The van der Waals surface area contributed by atoms with E-state index in [0.29, 0.717) is 18.4 Å². The minimum atomic E-state index is -1.09. The molecule has 0 aliphatic carbocycles. The predicted molar refractivity (Wildman–Crippen MR) is 66.0 cm³/mol. The summed E-state index contributed by atoms with van der Waals surface area (Å²) >= 11 is 0. The van der Waals surface area contributed by atoms with Crippen molar-refractivity contribution in [2.24, 2.45) is 5.73 Å². The number of carboxylic acid groups (broad SMARTS) is 1. The maximum Gasteiger partial charge on any atom is 0.344 e. The van der Waals surface area contributed by atoms with Gasteiger partial charge in [0.2, 0.25) is 0 Å². The quantitative estimate of drug-likeness (QED) is 0.819. The lowest BCUT2D eigenvalue weighted by atomic mass is 10.1. The third kappa shape index (κ3) is 3.70. The van der Waals surface area contributed by atoms with E-state index in [1.807, 2.05) is 6.92 Å². The van der Waals surface area contributed by atoms with Gasteiger partial charge in [-0.15, -0.1) is 0 Å². The molecule has 0 saturated carbocycles. The molecule has 3 N–H and O–H groups in total. The molecule has 2 atom stereocenters. The van der Waals surface area contributed by atoms with E-state index < -0.39 is 17.9 Å². The van der Waals surface area contributed by atoms with Gasteiger partial charge < -0.3 is 15.6 Å². The van der Waals surface area contributed by atoms with Crippen LogP contribution in [-0.2, 0) is 4.79 Å². The Morgan fingerprint density at radius 2 is 2.22 bits per heavy atom. The number of aliphatic carboxylic acids is 1. The third-order valence-corrected chi connectivity index (χ3v) is 2.58. The molecule has 5 heteroatoms. The SMILES string of the molecule is CCCC(Oc1ccc([C@H](C)N)cc1F)C(=O)O. The van der Waals surface area contributed by atoms with Crippen LogP contribution >= 0.6 is 0 Å². The molecule has 0 bridgehead atoms. The molecule has 100 valence electrons. The van der Waals surface area contributed by atoms with Gasteiger partial charge in [-0.25, -0.2) is 9.18 Å². The highest BCUT2D eigenvalue weighted by Gasteiger charge is 2.20. The second kappa shape index (κ2) is 6.35. The van der Waals surface area contributed by atoms with Crippen LogP contribution in [0.1, 0.15) is 38.3 Å². The fourth-order valence-corrected chi connectivity index (χ4v) is 1.54. The van der Waals surface area contributed by atoms with Gasteiger partial charge in [-0.05, 0) is 31.0 Å². The topological polar surface area (TPSA) is 72.5 Å². The van der Waals surface area contributed by atoms with Gasteiger partial charge in [-0.2, -0.15) is 0 Å². The fraction of sp³-hybridized carbons (Fsp3) is 0.462. The lowest BCUT2D eigenvalue weighted by molar-refractivity contribution is -0.145. The van der Waals surface area contributed by atoms with Crippen molar-refractivity contribution in [2.75, 3.05) is 0 Å². The Hall–Kier alpha value is -1.62. The van der Waals surface area contributed by atoms with Crippen molar-refractivity contribution in [3.63, 3.8) is 0 Å². The number of hydrogen-bond acceptors (Lipinski definition) is 3. The molecule has 0 saturated heterocycles. The summed E-state index contributed by atoms with van der Waals surface area (Å²) in [4.78, 5) is 10.9. The second-order valence-corrected chi connectivity index (χ2v) is 4.21. The minimum absolute atomic E-state index is 0.0553. The number of carbonyl (C=O) groups is 1. The molecule has 0 fully saturated rings. The summed E-state index contributed by atoms with van der Waals surface area (Å²) < 4.78 is 18.9. The van der Waals surface area contributed by atoms with Gasteiger partial charge in [0.25, 0.3) is 0 Å². The largest absolute Gasteiger partial charge is 0.479 e. The van der Waals surface area contributed by atoms with Crippen LogP contribution in [0.25, 0.3) is 0 Å². The Kier molecular flexibility index (Phi) is 5.09. The molecule has 4 nitrogen and oxygen atoms in total. The lowest BCUT2D eigenvalue weighted by Gasteiger charge is -2.15. The Balaban J connectivity index is 2.86. The molecule has 0 aliphatic heterocycles. The Labute approximate surface area is 106 Å². The zero-order valence-corrected chi connectivity index (χ0v) is 10.5. The molecule has 1 aromatic carbocycles. The third-order valence-electron chi connectivity index (χ3n) is 2.58. The first-order chi connectivity index (χ1) is 8.45. The van der Waals surface area contributed by atoms with Gasteiger partial charge in [0.15, 0.2) is 17.7 Å². The van der Waals surface area contributed by atoms with Crippen molar-refractivity contribution < 1.29 is 19.0 Å². The number of ether oxygens (including phenoxy) is 1. The van der Waals surface area contributed by atoms with Crippen molar-refractivity contribution >= 4 is 5.97 Å². The standard InChI is InChI=1S/C13H18FNO3/c1-3-4-12(13(16)17)18-11-6-5-9(8(2)15)7-10(11)14/h5-8,12H,3-4,15H2,1-2H3,(H,16,17)/t8-,12?/m0/s1. The van der Waals surface area contributed by atoms with Crippen molar-refractivity contribution in [1.82, 2.24) is 0 Å².